The molecule has 0 aliphatic heterocycles. The van der Waals surface area contributed by atoms with Crippen LogP contribution in [0.3, 0.4) is 0 Å². The Morgan fingerprint density at radius 1 is 0.338 bits per heavy atom. The summed E-state index contributed by atoms with van der Waals surface area (Å²) < 4.78 is 5.93. The monoisotopic (exact) mass is 847 g/mol. The van der Waals surface area contributed by atoms with Crippen LogP contribution in [-0.2, 0) is 0 Å². The van der Waals surface area contributed by atoms with Crippen LogP contribution in [-0.4, -0.2) is 24.1 Å². The topological polar surface area (TPSA) is 48.5 Å². The average Bonchev–Trinajstić information content (AvgIpc) is 4.08. The predicted molar refractivity (Wildman–Crippen MR) is 271 cm³/mol. The quantitative estimate of drug-likeness (QED) is 0.161. The Morgan fingerprint density at radius 2 is 0.846 bits per heavy atom. The van der Waals surface area contributed by atoms with Crippen LogP contribution in [0.4, 0.5) is 0 Å². The Labute approximate surface area is 378 Å². The Morgan fingerprint density at radius 3 is 1.46 bits per heavy atom. The van der Waals surface area contributed by atoms with Crippen LogP contribution in [0, 0.1) is 0 Å². The van der Waals surface area contributed by atoms with E-state index in [1.807, 2.05) is 12.1 Å². The lowest BCUT2D eigenvalue weighted by molar-refractivity contribution is 0.995. The fourth-order valence-corrected chi connectivity index (χ4v) is 10.7. The largest absolute Gasteiger partial charge is 0.307 e. The van der Waals surface area contributed by atoms with Gasteiger partial charge >= 0.3 is 0 Å². The lowest BCUT2D eigenvalue weighted by atomic mass is 9.97. The van der Waals surface area contributed by atoms with Crippen molar-refractivity contribution in [2.24, 2.45) is 0 Å². The van der Waals surface area contributed by atoms with Crippen LogP contribution in [0.15, 0.2) is 224 Å². The summed E-state index contributed by atoms with van der Waals surface area (Å²) in [6.07, 6.45) is 0. The molecule has 4 heterocycles. The van der Waals surface area contributed by atoms with E-state index in [1.165, 1.54) is 5.39 Å². The standard InChI is InChI=1S/C59H37N5S/c1-5-18-38(19-6-1)42-34-43(45-28-17-29-50-57(45)65-58(60-50)41-24-11-4-12-25-41)36-44(35-42)63-53-30-15-13-26-46(53)48-32-33-49-47-27-14-16-31-54(47)64(56(49)55(48)63)59-61-51(39-20-7-2-8-21-39)37-52(62-59)40-22-9-3-10-23-40/h1-37H. The molecular weight excluding hydrogens is 811 g/mol. The molecule has 0 unspecified atom stereocenters. The van der Waals surface area contributed by atoms with Crippen molar-refractivity contribution < 1.29 is 0 Å². The molecule has 0 N–H and O–H groups in total. The number of nitrogens with zero attached hydrogens (tertiary/aromatic N) is 5. The van der Waals surface area contributed by atoms with Crippen molar-refractivity contribution in [1.29, 1.82) is 0 Å². The zero-order chi connectivity index (χ0) is 42.8. The Balaban J connectivity index is 1.14. The first-order valence-electron chi connectivity index (χ1n) is 21.9. The molecule has 65 heavy (non-hydrogen) atoms. The Kier molecular flexibility index (Phi) is 8.64. The molecule has 5 nitrogen and oxygen atoms in total. The minimum atomic E-state index is 0.616. The van der Waals surface area contributed by atoms with Crippen LogP contribution in [0.25, 0.3) is 121 Å². The molecule has 304 valence electrons. The molecule has 4 aromatic heterocycles. The third-order valence-corrected chi connectivity index (χ3v) is 13.7. The van der Waals surface area contributed by atoms with Crippen molar-refractivity contribution in [1.82, 2.24) is 24.1 Å². The first-order valence-corrected chi connectivity index (χ1v) is 22.7. The molecule has 0 atom stereocenters. The van der Waals surface area contributed by atoms with Crippen molar-refractivity contribution in [2.75, 3.05) is 0 Å². The van der Waals surface area contributed by atoms with Crippen LogP contribution < -0.4 is 0 Å². The molecule has 0 aliphatic carbocycles. The second-order valence-corrected chi connectivity index (χ2v) is 17.4. The first kappa shape index (κ1) is 37.1. The lowest BCUT2D eigenvalue weighted by Gasteiger charge is -2.16. The number of benzene rings is 9. The zero-order valence-corrected chi connectivity index (χ0v) is 35.8. The van der Waals surface area contributed by atoms with E-state index < -0.39 is 0 Å². The van der Waals surface area contributed by atoms with Crippen molar-refractivity contribution in [3.05, 3.63) is 224 Å². The molecule has 6 heteroatoms. The molecule has 9 aromatic carbocycles. The van der Waals surface area contributed by atoms with E-state index in [2.05, 4.69) is 221 Å². The maximum absolute atomic E-state index is 5.43. The molecule has 13 aromatic rings. The summed E-state index contributed by atoms with van der Waals surface area (Å²) in [5.74, 6) is 0.616. The van der Waals surface area contributed by atoms with Gasteiger partial charge in [0.15, 0.2) is 0 Å². The molecule has 0 amide bonds. The highest BCUT2D eigenvalue weighted by molar-refractivity contribution is 7.22. The zero-order valence-electron chi connectivity index (χ0n) is 35.0. The fourth-order valence-electron chi connectivity index (χ4n) is 9.60. The normalized spacial score (nSPS) is 11.7. The summed E-state index contributed by atoms with van der Waals surface area (Å²) in [6, 6.07) is 79.7. The maximum atomic E-state index is 5.43. The van der Waals surface area contributed by atoms with Gasteiger partial charge in [0.1, 0.15) is 5.01 Å². The number of hydrogen-bond acceptors (Lipinski definition) is 4. The molecule has 0 fully saturated rings. The number of aromatic nitrogens is 5. The summed E-state index contributed by atoms with van der Waals surface area (Å²) in [5, 5.41) is 5.62. The number of rotatable bonds is 7. The average molecular weight is 848 g/mol. The summed E-state index contributed by atoms with van der Waals surface area (Å²) >= 11 is 1.75. The van der Waals surface area contributed by atoms with Gasteiger partial charge in [-0.1, -0.05) is 182 Å². The third kappa shape index (κ3) is 6.18. The van der Waals surface area contributed by atoms with E-state index >= 15 is 0 Å². The van der Waals surface area contributed by atoms with Crippen molar-refractivity contribution in [3.8, 4) is 67.0 Å². The first-order chi connectivity index (χ1) is 32.2. The molecule has 0 bridgehead atoms. The summed E-state index contributed by atoms with van der Waals surface area (Å²) in [7, 11) is 0. The fraction of sp³-hybridized carbons (Fsp3) is 0. The van der Waals surface area contributed by atoms with E-state index in [9.17, 15) is 0 Å². The molecule has 0 radical (unpaired) electrons. The molecule has 0 saturated heterocycles. The van der Waals surface area contributed by atoms with Crippen molar-refractivity contribution >= 4 is 65.2 Å². The van der Waals surface area contributed by atoms with Gasteiger partial charge in [0.25, 0.3) is 0 Å². The molecule has 13 rings (SSSR count). The number of para-hydroxylation sites is 2. The number of hydrogen-bond donors (Lipinski definition) is 0. The lowest BCUT2D eigenvalue weighted by Crippen LogP contribution is -2.05. The highest BCUT2D eigenvalue weighted by atomic mass is 32.1. The minimum absolute atomic E-state index is 0.616. The van der Waals surface area contributed by atoms with Gasteiger partial charge in [-0.05, 0) is 59.2 Å². The van der Waals surface area contributed by atoms with Gasteiger partial charge in [-0.3, -0.25) is 4.57 Å². The molecule has 0 aliphatic rings. The van der Waals surface area contributed by atoms with Gasteiger partial charge in [-0.25, -0.2) is 15.0 Å². The Hall–Kier alpha value is -8.45. The minimum Gasteiger partial charge on any atom is -0.307 e. The second-order valence-electron chi connectivity index (χ2n) is 16.4. The van der Waals surface area contributed by atoms with Gasteiger partial charge in [-0.2, -0.15) is 0 Å². The van der Waals surface area contributed by atoms with Crippen molar-refractivity contribution in [3.63, 3.8) is 0 Å². The van der Waals surface area contributed by atoms with E-state index in [4.69, 9.17) is 15.0 Å². The SMILES string of the molecule is c1ccc(-c2cc(-c3cccc4nc(-c5ccccc5)sc34)cc(-n3c4ccccc4c4ccc5c6ccccc6n(-c6nc(-c7ccccc7)cc(-c7ccccc7)n6)c5c43)c2)cc1. The molecular formula is C59H37N5S. The van der Waals surface area contributed by atoms with Gasteiger partial charge in [0, 0.05) is 49.5 Å². The number of thiazole rings is 1. The van der Waals surface area contributed by atoms with Crippen LogP contribution in [0.5, 0.6) is 0 Å². The molecule has 0 saturated carbocycles. The van der Waals surface area contributed by atoms with Gasteiger partial charge in [0.05, 0.1) is 43.7 Å². The van der Waals surface area contributed by atoms with Gasteiger partial charge < -0.3 is 4.57 Å². The Bertz CT molecular complexity index is 3870. The van der Waals surface area contributed by atoms with E-state index in [-0.39, 0.29) is 0 Å². The second kappa shape index (κ2) is 15.1. The van der Waals surface area contributed by atoms with E-state index in [0.717, 1.165) is 109 Å². The summed E-state index contributed by atoms with van der Waals surface area (Å²) in [6.45, 7) is 0. The maximum Gasteiger partial charge on any atom is 0.235 e. The predicted octanol–water partition coefficient (Wildman–Crippen LogP) is 15.6. The summed E-state index contributed by atoms with van der Waals surface area (Å²) in [5.41, 5.74) is 15.8. The van der Waals surface area contributed by atoms with Crippen LogP contribution in [0.2, 0.25) is 0 Å². The highest BCUT2D eigenvalue weighted by Gasteiger charge is 2.24. The van der Waals surface area contributed by atoms with Gasteiger partial charge in [-0.15, -0.1) is 11.3 Å². The third-order valence-electron chi connectivity index (χ3n) is 12.6. The summed E-state index contributed by atoms with van der Waals surface area (Å²) in [4.78, 5) is 16.0. The highest BCUT2D eigenvalue weighted by Crippen LogP contribution is 2.44. The smallest absolute Gasteiger partial charge is 0.235 e. The molecule has 0 spiro atoms. The van der Waals surface area contributed by atoms with Crippen LogP contribution >= 0.6 is 11.3 Å². The van der Waals surface area contributed by atoms with Crippen LogP contribution in [0.1, 0.15) is 0 Å². The van der Waals surface area contributed by atoms with E-state index in [0.29, 0.717) is 5.95 Å². The van der Waals surface area contributed by atoms with Gasteiger partial charge in [0.2, 0.25) is 5.95 Å². The number of fused-ring (bicyclic) bond motifs is 8. The van der Waals surface area contributed by atoms with E-state index in [1.54, 1.807) is 11.3 Å². The van der Waals surface area contributed by atoms with Crippen molar-refractivity contribution in [2.45, 2.75) is 0 Å².